The molecule has 0 N–H and O–H groups in total. The van der Waals surface area contributed by atoms with E-state index in [1.54, 1.807) is 4.90 Å². The highest BCUT2D eigenvalue weighted by atomic mass is 35.5. The van der Waals surface area contributed by atoms with Gasteiger partial charge in [0, 0.05) is 23.0 Å². The first kappa shape index (κ1) is 21.7. The Kier molecular flexibility index (Phi) is 5.00. The second-order valence-electron chi connectivity index (χ2n) is 11.7. The highest BCUT2D eigenvalue weighted by molar-refractivity contribution is 6.30. The van der Waals surface area contributed by atoms with E-state index < -0.39 is 0 Å². The van der Waals surface area contributed by atoms with Gasteiger partial charge in [-0.15, -0.1) is 0 Å². The Morgan fingerprint density at radius 2 is 1.70 bits per heavy atom. The molecule has 5 heteroatoms. The lowest BCUT2D eigenvalue weighted by Crippen LogP contribution is -2.51. The van der Waals surface area contributed by atoms with Crippen LogP contribution >= 0.6 is 11.6 Å². The Labute approximate surface area is 201 Å². The number of hydrogen-bond acceptors (Lipinski definition) is 3. The van der Waals surface area contributed by atoms with Crippen molar-refractivity contribution in [3.05, 3.63) is 40.9 Å². The van der Waals surface area contributed by atoms with Crippen molar-refractivity contribution in [2.24, 2.45) is 34.5 Å². The summed E-state index contributed by atoms with van der Waals surface area (Å²) in [7, 11) is 0. The number of ketones is 1. The molecule has 33 heavy (non-hydrogen) atoms. The topological polar surface area (TPSA) is 46.6 Å². The number of nitrogens with zero attached hydrogens (tertiary/aromatic N) is 1. The molecule has 5 aliphatic rings. The fourth-order valence-corrected chi connectivity index (χ4v) is 8.86. The van der Waals surface area contributed by atoms with Gasteiger partial charge < -0.3 is 4.74 Å². The number of fused-ring (bicyclic) bond motifs is 5. The molecule has 0 radical (unpaired) electrons. The molecule has 4 fully saturated rings. The van der Waals surface area contributed by atoms with E-state index in [4.69, 9.17) is 16.3 Å². The number of amides is 1. The third kappa shape index (κ3) is 3.23. The van der Waals surface area contributed by atoms with Gasteiger partial charge in [0.05, 0.1) is 6.54 Å². The van der Waals surface area contributed by atoms with Gasteiger partial charge in [-0.1, -0.05) is 31.0 Å². The average molecular weight is 468 g/mol. The van der Waals surface area contributed by atoms with Gasteiger partial charge in [-0.2, -0.15) is 0 Å². The summed E-state index contributed by atoms with van der Waals surface area (Å²) < 4.78 is 6.02. The number of carbonyl (C=O) groups excluding carboxylic acids is 2. The number of benzene rings is 1. The van der Waals surface area contributed by atoms with Crippen molar-refractivity contribution >= 4 is 29.2 Å². The minimum atomic E-state index is -0.227. The van der Waals surface area contributed by atoms with E-state index in [9.17, 15) is 9.59 Å². The molecular weight excluding hydrogens is 434 g/mol. The van der Waals surface area contributed by atoms with E-state index in [1.165, 1.54) is 31.3 Å². The lowest BCUT2D eigenvalue weighted by molar-refractivity contribution is -0.117. The molecule has 1 amide bonds. The molecular formula is C28H34ClNO3. The maximum atomic E-state index is 12.8. The molecule has 6 rings (SSSR count). The molecule has 4 aliphatic carbocycles. The van der Waals surface area contributed by atoms with Crippen LogP contribution in [-0.2, 0) is 9.53 Å². The minimum absolute atomic E-state index is 0.0401. The summed E-state index contributed by atoms with van der Waals surface area (Å²) in [4.78, 5) is 26.6. The van der Waals surface area contributed by atoms with E-state index in [-0.39, 0.29) is 23.0 Å². The van der Waals surface area contributed by atoms with Crippen LogP contribution in [0.25, 0.3) is 0 Å². The van der Waals surface area contributed by atoms with Gasteiger partial charge in [0.25, 0.3) is 0 Å². The number of ether oxygens (including phenoxy) is 1. The fourth-order valence-electron chi connectivity index (χ4n) is 8.74. The van der Waals surface area contributed by atoms with Crippen LogP contribution in [0.1, 0.15) is 65.2 Å². The zero-order valence-electron chi connectivity index (χ0n) is 19.7. The lowest BCUT2D eigenvalue weighted by atomic mass is 9.46. The molecule has 0 aromatic heterocycles. The van der Waals surface area contributed by atoms with Gasteiger partial charge in [0.2, 0.25) is 0 Å². The summed E-state index contributed by atoms with van der Waals surface area (Å²) in [5.74, 6) is 2.87. The maximum absolute atomic E-state index is 12.8. The van der Waals surface area contributed by atoms with Crippen LogP contribution in [0.2, 0.25) is 5.02 Å². The molecule has 0 unspecified atom stereocenters. The number of carbonyl (C=O) groups is 2. The third-order valence-electron chi connectivity index (χ3n) is 10.5. The Morgan fingerprint density at radius 1 is 0.939 bits per heavy atom. The largest absolute Gasteiger partial charge is 0.444 e. The standard InChI is InChI=1S/C28H34ClNO3/c1-27-13-11-20(31)15-17(27)3-8-21-22-9-10-24(28(22,2)14-12-23(21)27)25-16-30(26(32)33-25)19-6-4-18(29)5-7-19/h4-7,15,21-25H,3,8-14,16H2,1-2H3/t21-,22-,23-,24+,25+,27-,28-/m0/s1. The van der Waals surface area contributed by atoms with Crippen LogP contribution in [0.15, 0.2) is 35.9 Å². The van der Waals surface area contributed by atoms with Gasteiger partial charge in [0.1, 0.15) is 6.10 Å². The van der Waals surface area contributed by atoms with E-state index in [1.807, 2.05) is 30.3 Å². The van der Waals surface area contributed by atoms with Gasteiger partial charge >= 0.3 is 6.09 Å². The van der Waals surface area contributed by atoms with Crippen molar-refractivity contribution in [2.75, 3.05) is 11.4 Å². The highest BCUT2D eigenvalue weighted by Crippen LogP contribution is 2.67. The van der Waals surface area contributed by atoms with Crippen LogP contribution in [0.4, 0.5) is 10.5 Å². The predicted octanol–water partition coefficient (Wildman–Crippen LogP) is 6.81. The second kappa shape index (κ2) is 7.60. The Morgan fingerprint density at radius 3 is 2.48 bits per heavy atom. The number of rotatable bonds is 2. The predicted molar refractivity (Wildman–Crippen MR) is 129 cm³/mol. The van der Waals surface area contributed by atoms with E-state index in [0.29, 0.717) is 41.5 Å². The van der Waals surface area contributed by atoms with Crippen molar-refractivity contribution in [2.45, 2.75) is 71.3 Å². The summed E-state index contributed by atoms with van der Waals surface area (Å²) >= 11 is 6.04. The minimum Gasteiger partial charge on any atom is -0.444 e. The fraction of sp³-hybridized carbons (Fsp3) is 0.643. The number of halogens is 1. The highest BCUT2D eigenvalue weighted by Gasteiger charge is 2.61. The number of allylic oxidation sites excluding steroid dienone is 1. The van der Waals surface area contributed by atoms with Crippen LogP contribution < -0.4 is 4.90 Å². The van der Waals surface area contributed by atoms with Gasteiger partial charge in [-0.3, -0.25) is 9.69 Å². The summed E-state index contributed by atoms with van der Waals surface area (Å²) in [6, 6.07) is 7.46. The van der Waals surface area contributed by atoms with Crippen molar-refractivity contribution in [1.82, 2.24) is 0 Å². The maximum Gasteiger partial charge on any atom is 0.414 e. The van der Waals surface area contributed by atoms with E-state index in [2.05, 4.69) is 13.8 Å². The normalized spacial score (nSPS) is 42.3. The van der Waals surface area contributed by atoms with E-state index in [0.717, 1.165) is 30.9 Å². The van der Waals surface area contributed by atoms with Crippen molar-refractivity contribution in [3.63, 3.8) is 0 Å². The van der Waals surface area contributed by atoms with Crippen molar-refractivity contribution in [3.8, 4) is 0 Å². The van der Waals surface area contributed by atoms with Gasteiger partial charge in [-0.05, 0) is 104 Å². The smallest absolute Gasteiger partial charge is 0.414 e. The van der Waals surface area contributed by atoms with E-state index >= 15 is 0 Å². The average Bonchev–Trinajstić information content (AvgIpc) is 3.34. The summed E-state index contributed by atoms with van der Waals surface area (Å²) in [6.45, 7) is 5.57. The first-order valence-corrected chi connectivity index (χ1v) is 13.1. The first-order valence-electron chi connectivity index (χ1n) is 12.8. The second-order valence-corrected chi connectivity index (χ2v) is 12.1. The third-order valence-corrected chi connectivity index (χ3v) is 10.7. The molecule has 1 saturated heterocycles. The Bertz CT molecular complexity index is 1020. The summed E-state index contributed by atoms with van der Waals surface area (Å²) in [5, 5.41) is 0.673. The van der Waals surface area contributed by atoms with Gasteiger partial charge in [0.15, 0.2) is 5.78 Å². The van der Waals surface area contributed by atoms with Crippen LogP contribution in [0.3, 0.4) is 0 Å². The summed E-state index contributed by atoms with van der Waals surface area (Å²) in [5.41, 5.74) is 2.73. The molecule has 4 nitrogen and oxygen atoms in total. The monoisotopic (exact) mass is 467 g/mol. The molecule has 0 bridgehead atoms. The van der Waals surface area contributed by atoms with Gasteiger partial charge in [-0.25, -0.2) is 4.79 Å². The molecule has 7 atom stereocenters. The van der Waals surface area contributed by atoms with Crippen LogP contribution in [-0.4, -0.2) is 24.5 Å². The molecule has 3 saturated carbocycles. The molecule has 0 spiro atoms. The SMILES string of the molecule is C[C@]12CC[C@H]3[C@@H](CCC4=CC(=O)CC[C@@]43C)[C@@H]1CC[C@@H]2[C@H]1CN(c2ccc(Cl)cc2)C(=O)O1. The molecule has 1 aromatic carbocycles. The molecule has 1 aliphatic heterocycles. The zero-order valence-corrected chi connectivity index (χ0v) is 20.4. The Hall–Kier alpha value is -1.81. The van der Waals surface area contributed by atoms with Crippen molar-refractivity contribution < 1.29 is 14.3 Å². The molecule has 1 aromatic rings. The van der Waals surface area contributed by atoms with Crippen LogP contribution in [0, 0.1) is 34.5 Å². The molecule has 1 heterocycles. The molecule has 176 valence electrons. The number of cyclic esters (lactones) is 1. The number of hydrogen-bond donors (Lipinski definition) is 0. The quantitative estimate of drug-likeness (QED) is 0.479. The lowest BCUT2D eigenvalue weighted by Gasteiger charge is -2.58. The Balaban J connectivity index is 1.23. The summed E-state index contributed by atoms with van der Waals surface area (Å²) in [6.07, 6.45) is 10.6. The number of anilines is 1. The van der Waals surface area contributed by atoms with Crippen LogP contribution in [0.5, 0.6) is 0 Å². The first-order chi connectivity index (χ1) is 15.8. The zero-order chi connectivity index (χ0) is 23.0. The van der Waals surface area contributed by atoms with Crippen molar-refractivity contribution in [1.29, 1.82) is 0 Å².